The van der Waals surface area contributed by atoms with Gasteiger partial charge >= 0.3 is 0 Å². The molecule has 7 aromatic carbocycles. The van der Waals surface area contributed by atoms with E-state index in [1.54, 1.807) is 0 Å². The third-order valence-electron chi connectivity index (χ3n) is 9.74. The number of hydrogen-bond acceptors (Lipinski definition) is 1. The quantitative estimate of drug-likeness (QED) is 0.203. The Balaban J connectivity index is 1.29. The molecule has 1 nitrogen and oxygen atoms in total. The van der Waals surface area contributed by atoms with Crippen molar-refractivity contribution in [2.75, 3.05) is 4.90 Å². The van der Waals surface area contributed by atoms with Crippen molar-refractivity contribution in [3.63, 3.8) is 0 Å². The standard InChI is InChI=1S/C44H31N/c1-30-22-24-31(25-23-30)32-12-11-13-33(28-32)34-26-27-39-37(29-34)36-16-5-6-17-38(36)44(39)40-18-7-9-20-42(40)45(35-14-3-2-4-15-35)43-21-10-8-19-41(43)44/h2-29H,1H3. The van der Waals surface area contributed by atoms with Crippen LogP contribution in [0, 0.1) is 6.92 Å². The van der Waals surface area contributed by atoms with Gasteiger partial charge in [-0.05, 0) is 99.0 Å². The number of fused-ring (bicyclic) bond motifs is 9. The summed E-state index contributed by atoms with van der Waals surface area (Å²) in [6, 6.07) is 62.7. The summed E-state index contributed by atoms with van der Waals surface area (Å²) in [5, 5.41) is 0. The predicted octanol–water partition coefficient (Wildman–Crippen LogP) is 11.5. The Morgan fingerprint density at radius 3 is 1.62 bits per heavy atom. The Morgan fingerprint density at radius 2 is 0.911 bits per heavy atom. The van der Waals surface area contributed by atoms with Crippen LogP contribution in [0.25, 0.3) is 33.4 Å². The maximum absolute atomic E-state index is 2.43. The van der Waals surface area contributed by atoms with Crippen LogP contribution in [0.15, 0.2) is 170 Å². The molecule has 0 aromatic heterocycles. The molecule has 1 heterocycles. The largest absolute Gasteiger partial charge is 0.310 e. The number of para-hydroxylation sites is 3. The van der Waals surface area contributed by atoms with Crippen molar-refractivity contribution in [3.8, 4) is 33.4 Å². The first-order valence-corrected chi connectivity index (χ1v) is 15.7. The van der Waals surface area contributed by atoms with Gasteiger partial charge in [-0.25, -0.2) is 0 Å². The van der Waals surface area contributed by atoms with Crippen molar-refractivity contribution in [1.82, 2.24) is 0 Å². The van der Waals surface area contributed by atoms with E-state index in [0.717, 1.165) is 0 Å². The summed E-state index contributed by atoms with van der Waals surface area (Å²) in [4.78, 5) is 2.43. The average Bonchev–Trinajstić information content (AvgIpc) is 3.39. The van der Waals surface area contributed by atoms with E-state index in [0.29, 0.717) is 0 Å². The number of hydrogen-bond donors (Lipinski definition) is 0. The Hall–Kier alpha value is -5.66. The topological polar surface area (TPSA) is 3.24 Å². The second-order valence-electron chi connectivity index (χ2n) is 12.2. The van der Waals surface area contributed by atoms with Crippen LogP contribution in [0.5, 0.6) is 0 Å². The lowest BCUT2D eigenvalue weighted by Gasteiger charge is -2.45. The Kier molecular flexibility index (Phi) is 5.70. The van der Waals surface area contributed by atoms with Crippen molar-refractivity contribution in [3.05, 3.63) is 198 Å². The highest BCUT2D eigenvalue weighted by Gasteiger charge is 2.51. The first kappa shape index (κ1) is 25.8. The number of nitrogens with zero attached hydrogens (tertiary/aromatic N) is 1. The van der Waals surface area contributed by atoms with Gasteiger partial charge in [-0.15, -0.1) is 0 Å². The highest BCUT2D eigenvalue weighted by atomic mass is 15.2. The molecule has 0 bridgehead atoms. The van der Waals surface area contributed by atoms with Crippen LogP contribution >= 0.6 is 0 Å². The highest BCUT2D eigenvalue weighted by molar-refractivity contribution is 5.96. The van der Waals surface area contributed by atoms with E-state index in [9.17, 15) is 0 Å². The molecule has 0 saturated carbocycles. The van der Waals surface area contributed by atoms with E-state index in [2.05, 4.69) is 182 Å². The van der Waals surface area contributed by atoms with E-state index >= 15 is 0 Å². The number of aryl methyl sites for hydroxylation is 1. The van der Waals surface area contributed by atoms with E-state index < -0.39 is 5.41 Å². The van der Waals surface area contributed by atoms with Gasteiger partial charge in [0.05, 0.1) is 16.8 Å². The first-order chi connectivity index (χ1) is 22.2. The van der Waals surface area contributed by atoms with Crippen molar-refractivity contribution in [1.29, 1.82) is 0 Å². The van der Waals surface area contributed by atoms with Crippen LogP contribution in [0.1, 0.15) is 27.8 Å². The normalized spacial score (nSPS) is 13.6. The van der Waals surface area contributed by atoms with Crippen molar-refractivity contribution >= 4 is 17.1 Å². The van der Waals surface area contributed by atoms with E-state index in [1.165, 1.54) is 78.3 Å². The fourth-order valence-electron chi connectivity index (χ4n) is 7.77. The molecular weight excluding hydrogens is 542 g/mol. The van der Waals surface area contributed by atoms with Gasteiger partial charge < -0.3 is 4.90 Å². The van der Waals surface area contributed by atoms with Gasteiger partial charge in [0.2, 0.25) is 0 Å². The van der Waals surface area contributed by atoms with Crippen LogP contribution in [0.4, 0.5) is 17.1 Å². The van der Waals surface area contributed by atoms with Crippen LogP contribution < -0.4 is 4.90 Å². The molecule has 1 heteroatoms. The molecule has 0 unspecified atom stereocenters. The summed E-state index contributed by atoms with van der Waals surface area (Å²) in [6.07, 6.45) is 0. The van der Waals surface area contributed by atoms with Gasteiger partial charge in [0.25, 0.3) is 0 Å². The van der Waals surface area contributed by atoms with Crippen molar-refractivity contribution < 1.29 is 0 Å². The zero-order valence-electron chi connectivity index (χ0n) is 25.1. The van der Waals surface area contributed by atoms with Gasteiger partial charge in [-0.1, -0.05) is 139 Å². The molecule has 1 aliphatic heterocycles. The number of anilines is 3. The summed E-state index contributed by atoms with van der Waals surface area (Å²) in [5.74, 6) is 0. The highest BCUT2D eigenvalue weighted by Crippen LogP contribution is 2.63. The maximum Gasteiger partial charge on any atom is 0.0754 e. The lowest BCUT2D eigenvalue weighted by Crippen LogP contribution is -2.36. The third-order valence-corrected chi connectivity index (χ3v) is 9.74. The zero-order valence-corrected chi connectivity index (χ0v) is 25.1. The lowest BCUT2D eigenvalue weighted by molar-refractivity contribution is 0.753. The molecule has 0 amide bonds. The van der Waals surface area contributed by atoms with Crippen LogP contribution in [-0.2, 0) is 5.41 Å². The average molecular weight is 574 g/mol. The summed E-state index contributed by atoms with van der Waals surface area (Å²) in [7, 11) is 0. The molecule has 2 aliphatic rings. The summed E-state index contributed by atoms with van der Waals surface area (Å²) in [6.45, 7) is 2.14. The third kappa shape index (κ3) is 3.74. The van der Waals surface area contributed by atoms with E-state index in [4.69, 9.17) is 0 Å². The monoisotopic (exact) mass is 573 g/mol. The Labute approximate surface area is 264 Å². The molecular formula is C44H31N. The Morgan fingerprint density at radius 1 is 0.378 bits per heavy atom. The van der Waals surface area contributed by atoms with Crippen LogP contribution in [0.3, 0.4) is 0 Å². The fraction of sp³-hybridized carbons (Fsp3) is 0.0455. The lowest BCUT2D eigenvalue weighted by atomic mass is 9.64. The summed E-state index contributed by atoms with van der Waals surface area (Å²) < 4.78 is 0. The summed E-state index contributed by atoms with van der Waals surface area (Å²) >= 11 is 0. The van der Waals surface area contributed by atoms with E-state index in [1.807, 2.05) is 0 Å². The van der Waals surface area contributed by atoms with Gasteiger partial charge in [0.1, 0.15) is 0 Å². The second-order valence-corrected chi connectivity index (χ2v) is 12.2. The number of benzene rings is 7. The molecule has 9 rings (SSSR count). The summed E-state index contributed by atoms with van der Waals surface area (Å²) in [5.41, 5.74) is 17.3. The second kappa shape index (κ2) is 9.94. The molecule has 0 fully saturated rings. The van der Waals surface area contributed by atoms with Gasteiger partial charge in [-0.2, -0.15) is 0 Å². The molecule has 1 spiro atoms. The van der Waals surface area contributed by atoms with Crippen molar-refractivity contribution in [2.24, 2.45) is 0 Å². The molecule has 212 valence electrons. The van der Waals surface area contributed by atoms with Gasteiger partial charge in [0, 0.05) is 5.69 Å². The van der Waals surface area contributed by atoms with Crippen LogP contribution in [0.2, 0.25) is 0 Å². The van der Waals surface area contributed by atoms with Gasteiger partial charge in [0.15, 0.2) is 0 Å². The minimum Gasteiger partial charge on any atom is -0.310 e. The Bertz CT molecular complexity index is 2180. The molecule has 7 aromatic rings. The maximum atomic E-state index is 2.43. The molecule has 0 N–H and O–H groups in total. The fourth-order valence-corrected chi connectivity index (χ4v) is 7.77. The smallest absolute Gasteiger partial charge is 0.0754 e. The van der Waals surface area contributed by atoms with Crippen molar-refractivity contribution in [2.45, 2.75) is 12.3 Å². The van der Waals surface area contributed by atoms with E-state index in [-0.39, 0.29) is 0 Å². The minimum absolute atomic E-state index is 0.424. The molecule has 1 aliphatic carbocycles. The number of rotatable bonds is 3. The molecule has 0 radical (unpaired) electrons. The SMILES string of the molecule is Cc1ccc(-c2cccc(-c3ccc4c(c3)-c3ccccc3C43c4ccccc4N(c4ccccc4)c4ccccc43)c2)cc1. The molecule has 0 saturated heterocycles. The molecule has 45 heavy (non-hydrogen) atoms. The first-order valence-electron chi connectivity index (χ1n) is 15.7. The molecule has 0 atom stereocenters. The van der Waals surface area contributed by atoms with Gasteiger partial charge in [-0.3, -0.25) is 0 Å². The van der Waals surface area contributed by atoms with Crippen LogP contribution in [-0.4, -0.2) is 0 Å². The predicted molar refractivity (Wildman–Crippen MR) is 188 cm³/mol. The zero-order chi connectivity index (χ0) is 30.0. The minimum atomic E-state index is -0.424.